The van der Waals surface area contributed by atoms with Gasteiger partial charge in [-0.2, -0.15) is 0 Å². The smallest absolute Gasteiger partial charge is 0.226 e. The molecule has 1 saturated heterocycles. The van der Waals surface area contributed by atoms with Crippen LogP contribution in [-0.2, 0) is 0 Å². The van der Waals surface area contributed by atoms with E-state index < -0.39 is 0 Å². The van der Waals surface area contributed by atoms with Crippen LogP contribution in [0.4, 0.5) is 11.4 Å². The topological polar surface area (TPSA) is 52.0 Å². The Hall–Kier alpha value is -2.14. The molecule has 2 N–H and O–H groups in total. The van der Waals surface area contributed by atoms with E-state index in [1.165, 1.54) is 11.9 Å². The van der Waals surface area contributed by atoms with E-state index in [0.29, 0.717) is 12.0 Å². The third kappa shape index (κ3) is 3.68. The number of benzene rings is 1. The van der Waals surface area contributed by atoms with Gasteiger partial charge in [-0.15, -0.1) is 0 Å². The predicted molar refractivity (Wildman–Crippen MR) is 86.9 cm³/mol. The first-order chi connectivity index (χ1) is 9.72. The summed E-state index contributed by atoms with van der Waals surface area (Å²) in [6.45, 7) is 12.3. The number of hydrogen-bond donors (Lipinski definition) is 2. The zero-order chi connectivity index (χ0) is 14.4. The van der Waals surface area contributed by atoms with E-state index >= 15 is 0 Å². The number of nitrogens with one attached hydrogen (secondary N) is 2. The molecule has 0 aromatic heterocycles. The molecule has 0 radical (unpaired) electrons. The lowest BCUT2D eigenvalue weighted by molar-refractivity contribution is 0.485. The molecule has 0 bridgehead atoms. The van der Waals surface area contributed by atoms with E-state index in [1.54, 1.807) is 0 Å². The molecule has 0 aliphatic carbocycles. The first-order valence-corrected chi connectivity index (χ1v) is 6.74. The maximum absolute atomic E-state index is 3.98. The van der Waals surface area contributed by atoms with Crippen LogP contribution in [0.25, 0.3) is 0 Å². The fourth-order valence-corrected chi connectivity index (χ4v) is 2.25. The molecule has 1 fully saturated rings. The minimum absolute atomic E-state index is 0.448. The van der Waals surface area contributed by atoms with Crippen LogP contribution in [0.2, 0.25) is 0 Å². The second kappa shape index (κ2) is 6.86. The first kappa shape index (κ1) is 14.3. The van der Waals surface area contributed by atoms with E-state index in [0.717, 1.165) is 25.3 Å². The molecule has 5 nitrogen and oxygen atoms in total. The summed E-state index contributed by atoms with van der Waals surface area (Å²) in [6, 6.07) is 8.78. The van der Waals surface area contributed by atoms with Crippen molar-refractivity contribution in [3.05, 3.63) is 37.0 Å². The van der Waals surface area contributed by atoms with Crippen molar-refractivity contribution < 1.29 is 0 Å². The monoisotopic (exact) mass is 271 g/mol. The van der Waals surface area contributed by atoms with Gasteiger partial charge in [0.25, 0.3) is 0 Å². The van der Waals surface area contributed by atoms with Gasteiger partial charge in [-0.05, 0) is 37.9 Å². The Morgan fingerprint density at radius 3 is 2.80 bits per heavy atom. The third-order valence-corrected chi connectivity index (χ3v) is 3.22. The third-order valence-electron chi connectivity index (χ3n) is 3.22. The normalized spacial score (nSPS) is 19.6. The summed E-state index contributed by atoms with van der Waals surface area (Å²) in [4.78, 5) is 10.2. The van der Waals surface area contributed by atoms with Crippen LogP contribution >= 0.6 is 0 Å². The lowest BCUT2D eigenvalue weighted by atomic mass is 10.2. The maximum atomic E-state index is 3.98. The largest absolute Gasteiger partial charge is 0.369 e. The van der Waals surface area contributed by atoms with Crippen LogP contribution in [0.5, 0.6) is 0 Å². The van der Waals surface area contributed by atoms with Gasteiger partial charge in [0.1, 0.15) is 0 Å². The van der Waals surface area contributed by atoms with E-state index in [4.69, 9.17) is 0 Å². The number of anilines is 2. The van der Waals surface area contributed by atoms with Gasteiger partial charge < -0.3 is 15.5 Å². The number of guanidine groups is 1. The Morgan fingerprint density at radius 2 is 2.20 bits per heavy atom. The summed E-state index contributed by atoms with van der Waals surface area (Å²) in [6.07, 6.45) is 1.44. The van der Waals surface area contributed by atoms with Gasteiger partial charge in [0, 0.05) is 43.3 Å². The Morgan fingerprint density at radius 1 is 1.45 bits per heavy atom. The zero-order valence-electron chi connectivity index (χ0n) is 11.8. The van der Waals surface area contributed by atoms with Gasteiger partial charge in [0.05, 0.1) is 0 Å². The highest BCUT2D eigenvalue weighted by Gasteiger charge is 2.15. The lowest BCUT2D eigenvalue weighted by Gasteiger charge is -2.33. The highest BCUT2D eigenvalue weighted by molar-refractivity contribution is 5.96. The molecule has 20 heavy (non-hydrogen) atoms. The summed E-state index contributed by atoms with van der Waals surface area (Å²) in [5, 5.41) is 6.53. The predicted octanol–water partition coefficient (Wildman–Crippen LogP) is 2.10. The molecule has 0 saturated carbocycles. The molecule has 1 aliphatic heterocycles. The summed E-state index contributed by atoms with van der Waals surface area (Å²) >= 11 is 0. The Bertz CT molecular complexity index is 491. The van der Waals surface area contributed by atoms with Gasteiger partial charge in [-0.3, -0.25) is 0 Å². The Kier molecular flexibility index (Phi) is 4.90. The molecule has 5 heteroatoms. The minimum atomic E-state index is 0.448. The van der Waals surface area contributed by atoms with Crippen LogP contribution < -0.4 is 15.5 Å². The fraction of sp³-hybridized carbons (Fsp3) is 0.333. The lowest BCUT2D eigenvalue weighted by Crippen LogP contribution is -2.49. The van der Waals surface area contributed by atoms with Crippen molar-refractivity contribution in [2.45, 2.75) is 13.0 Å². The quantitative estimate of drug-likeness (QED) is 0.654. The van der Waals surface area contributed by atoms with Gasteiger partial charge >= 0.3 is 0 Å². The SMILES string of the molecule is C=CN=C(N=C)Nc1ccc(N2CCNC(C)C2)cc1. The van der Waals surface area contributed by atoms with Crippen LogP contribution in [0.3, 0.4) is 0 Å². The van der Waals surface area contributed by atoms with Crippen LogP contribution in [-0.4, -0.2) is 38.4 Å². The molecule has 1 aliphatic rings. The molecule has 1 atom stereocenters. The molecular weight excluding hydrogens is 250 g/mol. The van der Waals surface area contributed by atoms with E-state index in [1.807, 2.05) is 12.1 Å². The summed E-state index contributed by atoms with van der Waals surface area (Å²) in [5.74, 6) is 0.448. The molecule has 2 rings (SSSR count). The van der Waals surface area contributed by atoms with Crippen molar-refractivity contribution in [3.8, 4) is 0 Å². The number of hydrogen-bond acceptors (Lipinski definition) is 3. The maximum Gasteiger partial charge on any atom is 0.226 e. The van der Waals surface area contributed by atoms with Gasteiger partial charge in [-0.1, -0.05) is 6.58 Å². The average Bonchev–Trinajstić information content (AvgIpc) is 2.47. The standard InChI is InChI=1S/C15H21N5/c1-4-17-15(16-3)19-13-5-7-14(8-6-13)20-10-9-18-12(2)11-20/h4-8,12,18H,1,3,9-11H2,2H3,(H,17,19). The van der Waals surface area contributed by atoms with Crippen molar-refractivity contribution >= 4 is 24.1 Å². The van der Waals surface area contributed by atoms with Crippen molar-refractivity contribution in [2.24, 2.45) is 9.98 Å². The summed E-state index contributed by atoms with van der Waals surface area (Å²) in [5.41, 5.74) is 2.17. The molecule has 1 heterocycles. The van der Waals surface area contributed by atoms with Crippen molar-refractivity contribution in [2.75, 3.05) is 29.9 Å². The van der Waals surface area contributed by atoms with Gasteiger partial charge in [-0.25, -0.2) is 9.98 Å². The van der Waals surface area contributed by atoms with Crippen molar-refractivity contribution in [3.63, 3.8) is 0 Å². The molecule has 1 aromatic rings. The minimum Gasteiger partial charge on any atom is -0.369 e. The number of piperazine rings is 1. The highest BCUT2D eigenvalue weighted by Crippen LogP contribution is 2.19. The second-order valence-corrected chi connectivity index (χ2v) is 4.77. The van der Waals surface area contributed by atoms with Crippen molar-refractivity contribution in [1.82, 2.24) is 5.32 Å². The Balaban J connectivity index is 2.04. The van der Waals surface area contributed by atoms with Crippen LogP contribution in [0.15, 0.2) is 47.0 Å². The number of rotatable bonds is 3. The summed E-state index contributed by atoms with van der Waals surface area (Å²) < 4.78 is 0. The number of nitrogens with zero attached hydrogens (tertiary/aromatic N) is 3. The fourth-order valence-electron chi connectivity index (χ4n) is 2.25. The summed E-state index contributed by atoms with van der Waals surface area (Å²) in [7, 11) is 0. The van der Waals surface area contributed by atoms with Gasteiger partial charge in [0.15, 0.2) is 0 Å². The van der Waals surface area contributed by atoms with Crippen LogP contribution in [0.1, 0.15) is 6.92 Å². The first-order valence-electron chi connectivity index (χ1n) is 6.74. The molecule has 1 aromatic carbocycles. The van der Waals surface area contributed by atoms with E-state index in [2.05, 4.69) is 57.9 Å². The molecule has 0 amide bonds. The molecule has 0 spiro atoms. The molecule has 106 valence electrons. The highest BCUT2D eigenvalue weighted by atomic mass is 15.2. The second-order valence-electron chi connectivity index (χ2n) is 4.77. The zero-order valence-corrected chi connectivity index (χ0v) is 11.8. The molecule has 1 unspecified atom stereocenters. The van der Waals surface area contributed by atoms with Crippen molar-refractivity contribution in [1.29, 1.82) is 0 Å². The van der Waals surface area contributed by atoms with E-state index in [9.17, 15) is 0 Å². The number of aliphatic imine (C=N–C) groups is 2. The molecular formula is C15H21N5. The van der Waals surface area contributed by atoms with Crippen LogP contribution in [0, 0.1) is 0 Å². The van der Waals surface area contributed by atoms with Gasteiger partial charge in [0.2, 0.25) is 5.96 Å². The van der Waals surface area contributed by atoms with E-state index in [-0.39, 0.29) is 0 Å². The Labute approximate surface area is 120 Å². The average molecular weight is 271 g/mol.